The van der Waals surface area contributed by atoms with E-state index in [1.165, 1.54) is 4.31 Å². The van der Waals surface area contributed by atoms with Gasteiger partial charge in [0.1, 0.15) is 12.6 Å². The summed E-state index contributed by atoms with van der Waals surface area (Å²) in [7, 11) is -4.16. The van der Waals surface area contributed by atoms with Gasteiger partial charge in [-0.25, -0.2) is 8.42 Å². The van der Waals surface area contributed by atoms with Crippen LogP contribution in [0.4, 0.5) is 5.69 Å². The molecule has 0 saturated carbocycles. The fourth-order valence-electron chi connectivity index (χ4n) is 5.46. The highest BCUT2D eigenvalue weighted by Crippen LogP contribution is 2.27. The number of hydrogen-bond donors (Lipinski definition) is 1. The van der Waals surface area contributed by atoms with E-state index in [-0.39, 0.29) is 29.8 Å². The van der Waals surface area contributed by atoms with Gasteiger partial charge < -0.3 is 10.2 Å². The van der Waals surface area contributed by atoms with Crippen LogP contribution in [-0.4, -0.2) is 43.8 Å². The number of amides is 2. The summed E-state index contributed by atoms with van der Waals surface area (Å²) in [5.74, 6) is -0.755. The largest absolute Gasteiger partial charge is 0.352 e. The van der Waals surface area contributed by atoms with E-state index in [4.69, 9.17) is 0 Å². The Hall–Kier alpha value is -4.43. The third-order valence-corrected chi connectivity index (χ3v) is 9.88. The molecule has 1 N–H and O–H groups in total. The maximum Gasteiger partial charge on any atom is 0.264 e. The highest BCUT2D eigenvalue weighted by molar-refractivity contribution is 7.92. The Morgan fingerprint density at radius 1 is 0.739 bits per heavy atom. The normalized spacial score (nSPS) is 12.7. The zero-order valence-corrected chi connectivity index (χ0v) is 28.5. The van der Waals surface area contributed by atoms with Crippen molar-refractivity contribution in [2.45, 2.75) is 77.9 Å². The van der Waals surface area contributed by atoms with E-state index in [0.29, 0.717) is 5.69 Å². The van der Waals surface area contributed by atoms with Gasteiger partial charge in [-0.05, 0) is 87.6 Å². The van der Waals surface area contributed by atoms with Crippen molar-refractivity contribution in [2.24, 2.45) is 0 Å². The number of hydrogen-bond acceptors (Lipinski definition) is 4. The van der Waals surface area contributed by atoms with Crippen molar-refractivity contribution in [3.8, 4) is 0 Å². The van der Waals surface area contributed by atoms with Crippen LogP contribution in [0.5, 0.6) is 0 Å². The van der Waals surface area contributed by atoms with E-state index >= 15 is 0 Å². The van der Waals surface area contributed by atoms with Gasteiger partial charge in [-0.1, -0.05) is 90.8 Å². The number of carbonyl (C=O) groups is 2. The Balaban J connectivity index is 1.83. The molecule has 8 heteroatoms. The van der Waals surface area contributed by atoms with Crippen molar-refractivity contribution in [2.75, 3.05) is 10.8 Å². The van der Waals surface area contributed by atoms with E-state index in [1.807, 2.05) is 102 Å². The molecular formula is C38H45N3O4S. The Kier molecular flexibility index (Phi) is 11.4. The quantitative estimate of drug-likeness (QED) is 0.177. The van der Waals surface area contributed by atoms with Crippen LogP contribution in [0.25, 0.3) is 0 Å². The molecule has 7 nitrogen and oxygen atoms in total. The first kappa shape index (κ1) is 34.4. The summed E-state index contributed by atoms with van der Waals surface area (Å²) in [5.41, 5.74) is 5.83. The van der Waals surface area contributed by atoms with Crippen molar-refractivity contribution in [3.05, 3.63) is 130 Å². The van der Waals surface area contributed by atoms with Crippen molar-refractivity contribution < 1.29 is 18.0 Å². The number of anilines is 1. The molecule has 4 aromatic carbocycles. The lowest BCUT2D eigenvalue weighted by Crippen LogP contribution is -2.54. The second-order valence-corrected chi connectivity index (χ2v) is 14.1. The van der Waals surface area contributed by atoms with Crippen molar-refractivity contribution in [3.63, 3.8) is 0 Å². The van der Waals surface area contributed by atoms with Crippen molar-refractivity contribution >= 4 is 27.5 Å². The Morgan fingerprint density at radius 3 is 1.98 bits per heavy atom. The fraction of sp³-hybridized carbons (Fsp3) is 0.316. The number of rotatable bonds is 13. The molecule has 0 aliphatic carbocycles. The smallest absolute Gasteiger partial charge is 0.264 e. The Morgan fingerprint density at radius 2 is 1.37 bits per heavy atom. The third-order valence-electron chi connectivity index (χ3n) is 8.09. The molecule has 0 fully saturated rings. The summed E-state index contributed by atoms with van der Waals surface area (Å²) in [6, 6.07) is 28.5. The minimum Gasteiger partial charge on any atom is -0.352 e. The highest BCUT2D eigenvalue weighted by atomic mass is 32.2. The summed E-state index contributed by atoms with van der Waals surface area (Å²) in [5, 5.41) is 3.08. The van der Waals surface area contributed by atoms with Gasteiger partial charge in [-0.15, -0.1) is 0 Å². The molecule has 0 aliphatic rings. The van der Waals surface area contributed by atoms with Crippen LogP contribution in [0.3, 0.4) is 0 Å². The van der Waals surface area contributed by atoms with Gasteiger partial charge >= 0.3 is 0 Å². The van der Waals surface area contributed by atoms with Gasteiger partial charge in [0.25, 0.3) is 10.0 Å². The average molecular weight is 640 g/mol. The minimum atomic E-state index is -4.16. The van der Waals surface area contributed by atoms with Crippen LogP contribution in [0.15, 0.2) is 102 Å². The molecule has 242 valence electrons. The SMILES string of the molecule is CC[C@H](C)NC(=O)[C@H](Cc1ccccc1)N(Cc1cccc(C)c1)C(=O)CN(c1cc(C)cc(C)c1)S(=O)(=O)c1ccc(C)cc1. The Labute approximate surface area is 274 Å². The number of nitrogens with one attached hydrogen (secondary N) is 1. The molecule has 0 bridgehead atoms. The van der Waals surface area contributed by atoms with E-state index < -0.39 is 28.5 Å². The lowest BCUT2D eigenvalue weighted by atomic mass is 10.0. The molecule has 0 aliphatic heterocycles. The molecule has 0 radical (unpaired) electrons. The molecule has 2 atom stereocenters. The number of benzene rings is 4. The molecule has 46 heavy (non-hydrogen) atoms. The van der Waals surface area contributed by atoms with E-state index in [2.05, 4.69) is 5.32 Å². The van der Waals surface area contributed by atoms with E-state index in [1.54, 1.807) is 41.3 Å². The topological polar surface area (TPSA) is 86.8 Å². The number of nitrogens with zero attached hydrogens (tertiary/aromatic N) is 2. The molecule has 2 amide bonds. The maximum absolute atomic E-state index is 14.6. The average Bonchev–Trinajstić information content (AvgIpc) is 3.01. The third kappa shape index (κ3) is 8.85. The first-order chi connectivity index (χ1) is 21.9. The molecule has 0 unspecified atom stereocenters. The standard InChI is InChI=1S/C38H45N3O4S/c1-7-31(6)39-38(43)36(24-32-13-9-8-10-14-32)40(25-33-15-11-12-28(3)21-33)37(42)26-41(34-22-29(4)20-30(5)23-34)46(44,45)35-18-16-27(2)17-19-35/h8-23,31,36H,7,24-26H2,1-6H3,(H,39,43)/t31-,36-/m0/s1. The lowest BCUT2D eigenvalue weighted by Gasteiger charge is -2.34. The molecule has 0 aromatic heterocycles. The van der Waals surface area contributed by atoms with Gasteiger partial charge in [-0.2, -0.15) is 0 Å². The van der Waals surface area contributed by atoms with Gasteiger partial charge in [0, 0.05) is 19.0 Å². The monoisotopic (exact) mass is 639 g/mol. The number of carbonyl (C=O) groups excluding carboxylic acids is 2. The van der Waals surface area contributed by atoms with Gasteiger partial charge in [0.05, 0.1) is 10.6 Å². The van der Waals surface area contributed by atoms with Crippen molar-refractivity contribution in [1.82, 2.24) is 10.2 Å². The molecule has 0 spiro atoms. The van der Waals surface area contributed by atoms with Crippen LogP contribution >= 0.6 is 0 Å². The summed E-state index contributed by atoms with van der Waals surface area (Å²) in [4.78, 5) is 30.3. The maximum atomic E-state index is 14.6. The van der Waals surface area contributed by atoms with E-state index in [9.17, 15) is 18.0 Å². The first-order valence-electron chi connectivity index (χ1n) is 15.7. The Bertz CT molecular complexity index is 1730. The zero-order valence-electron chi connectivity index (χ0n) is 27.7. The van der Waals surface area contributed by atoms with E-state index in [0.717, 1.165) is 39.8 Å². The van der Waals surface area contributed by atoms with Crippen LogP contribution in [0.1, 0.15) is 53.6 Å². The fourth-order valence-corrected chi connectivity index (χ4v) is 6.86. The second kappa shape index (κ2) is 15.2. The second-order valence-electron chi connectivity index (χ2n) is 12.2. The first-order valence-corrected chi connectivity index (χ1v) is 17.2. The van der Waals surface area contributed by atoms with Gasteiger partial charge in [0.15, 0.2) is 0 Å². The van der Waals surface area contributed by atoms with Crippen LogP contribution in [-0.2, 0) is 32.6 Å². The molecular weight excluding hydrogens is 595 g/mol. The zero-order chi connectivity index (χ0) is 33.4. The molecule has 4 aromatic rings. The van der Waals surface area contributed by atoms with Crippen LogP contribution < -0.4 is 9.62 Å². The van der Waals surface area contributed by atoms with Crippen LogP contribution in [0.2, 0.25) is 0 Å². The van der Waals surface area contributed by atoms with Crippen molar-refractivity contribution in [1.29, 1.82) is 0 Å². The summed E-state index contributed by atoms with van der Waals surface area (Å²) in [6.07, 6.45) is 1.000. The molecule has 0 heterocycles. The van der Waals surface area contributed by atoms with Crippen LogP contribution in [0, 0.1) is 27.7 Å². The predicted octanol–water partition coefficient (Wildman–Crippen LogP) is 6.67. The highest BCUT2D eigenvalue weighted by Gasteiger charge is 2.35. The number of sulfonamides is 1. The molecule has 0 saturated heterocycles. The lowest BCUT2D eigenvalue weighted by molar-refractivity contribution is -0.140. The number of aryl methyl sites for hydroxylation is 4. The predicted molar refractivity (Wildman–Crippen MR) is 185 cm³/mol. The minimum absolute atomic E-state index is 0.0886. The summed E-state index contributed by atoms with van der Waals surface area (Å²) >= 11 is 0. The van der Waals surface area contributed by atoms with Gasteiger partial charge in [0.2, 0.25) is 11.8 Å². The summed E-state index contributed by atoms with van der Waals surface area (Å²) in [6.45, 7) is 11.2. The summed E-state index contributed by atoms with van der Waals surface area (Å²) < 4.78 is 29.7. The molecule has 4 rings (SSSR count). The van der Waals surface area contributed by atoms with Gasteiger partial charge in [-0.3, -0.25) is 13.9 Å².